The largest absolute Gasteiger partial charge is 0.391 e. The van der Waals surface area contributed by atoms with Crippen LogP contribution < -0.4 is 0 Å². The molecular formula is C8H15F3. The van der Waals surface area contributed by atoms with Gasteiger partial charge in [0.2, 0.25) is 0 Å². The molecule has 0 aromatic heterocycles. The molecule has 0 aromatic rings. The Morgan fingerprint density at radius 2 is 1.64 bits per heavy atom. The van der Waals surface area contributed by atoms with Crippen molar-refractivity contribution in [3.8, 4) is 0 Å². The standard InChI is InChI=1S/C8H15F3/c1-4-5-6(2)7(3)8(9,10)11/h6-7H,4-5H2,1-3H3/t6-,7+/m1/s1. The molecule has 0 fully saturated rings. The second-order valence-corrected chi connectivity index (χ2v) is 3.10. The third-order valence-corrected chi connectivity index (χ3v) is 2.11. The van der Waals surface area contributed by atoms with E-state index < -0.39 is 12.1 Å². The minimum atomic E-state index is -4.02. The van der Waals surface area contributed by atoms with E-state index in [1.54, 1.807) is 6.92 Å². The fourth-order valence-electron chi connectivity index (χ4n) is 1.03. The van der Waals surface area contributed by atoms with Crippen molar-refractivity contribution in [2.75, 3.05) is 0 Å². The highest BCUT2D eigenvalue weighted by atomic mass is 19.4. The van der Waals surface area contributed by atoms with Crippen LogP contribution in [0.1, 0.15) is 33.6 Å². The Morgan fingerprint density at radius 1 is 1.18 bits per heavy atom. The van der Waals surface area contributed by atoms with Crippen molar-refractivity contribution < 1.29 is 13.2 Å². The van der Waals surface area contributed by atoms with Crippen molar-refractivity contribution in [3.05, 3.63) is 0 Å². The van der Waals surface area contributed by atoms with Crippen molar-refractivity contribution in [1.29, 1.82) is 0 Å². The van der Waals surface area contributed by atoms with Crippen LogP contribution in [-0.2, 0) is 0 Å². The van der Waals surface area contributed by atoms with Gasteiger partial charge in [0.05, 0.1) is 5.92 Å². The zero-order valence-corrected chi connectivity index (χ0v) is 7.20. The first-order valence-corrected chi connectivity index (χ1v) is 3.96. The monoisotopic (exact) mass is 168 g/mol. The Bertz CT molecular complexity index is 106. The highest BCUT2D eigenvalue weighted by molar-refractivity contribution is 4.68. The molecule has 0 saturated carbocycles. The molecular weight excluding hydrogens is 153 g/mol. The maximum atomic E-state index is 12.0. The third kappa shape index (κ3) is 3.63. The van der Waals surface area contributed by atoms with Gasteiger partial charge in [-0.1, -0.05) is 33.6 Å². The van der Waals surface area contributed by atoms with Gasteiger partial charge in [-0.15, -0.1) is 0 Å². The zero-order chi connectivity index (χ0) is 9.07. The second-order valence-electron chi connectivity index (χ2n) is 3.10. The molecule has 0 saturated heterocycles. The summed E-state index contributed by atoms with van der Waals surface area (Å²) < 4.78 is 36.1. The van der Waals surface area contributed by atoms with E-state index in [-0.39, 0.29) is 5.92 Å². The Balaban J connectivity index is 3.91. The fraction of sp³-hybridized carbons (Fsp3) is 1.00. The van der Waals surface area contributed by atoms with Crippen molar-refractivity contribution in [2.24, 2.45) is 11.8 Å². The fourth-order valence-corrected chi connectivity index (χ4v) is 1.03. The molecule has 0 rings (SSSR count). The lowest BCUT2D eigenvalue weighted by molar-refractivity contribution is -0.182. The van der Waals surface area contributed by atoms with Gasteiger partial charge < -0.3 is 0 Å². The highest BCUT2D eigenvalue weighted by Crippen LogP contribution is 2.33. The van der Waals surface area contributed by atoms with Crippen molar-refractivity contribution in [1.82, 2.24) is 0 Å². The molecule has 0 aliphatic rings. The summed E-state index contributed by atoms with van der Waals surface area (Å²) in [4.78, 5) is 0. The van der Waals surface area contributed by atoms with Crippen LogP contribution in [0.3, 0.4) is 0 Å². The van der Waals surface area contributed by atoms with Gasteiger partial charge >= 0.3 is 6.18 Å². The number of alkyl halides is 3. The molecule has 3 heteroatoms. The van der Waals surface area contributed by atoms with Crippen LogP contribution in [-0.4, -0.2) is 6.18 Å². The quantitative estimate of drug-likeness (QED) is 0.603. The average molecular weight is 168 g/mol. The van der Waals surface area contributed by atoms with E-state index in [2.05, 4.69) is 0 Å². The van der Waals surface area contributed by atoms with E-state index in [1.807, 2.05) is 6.92 Å². The third-order valence-electron chi connectivity index (χ3n) is 2.11. The lowest BCUT2D eigenvalue weighted by atomic mass is 9.91. The molecule has 0 unspecified atom stereocenters. The van der Waals surface area contributed by atoms with Crippen LogP contribution in [0.25, 0.3) is 0 Å². The van der Waals surface area contributed by atoms with Crippen LogP contribution >= 0.6 is 0 Å². The minimum absolute atomic E-state index is 0.250. The van der Waals surface area contributed by atoms with Crippen molar-refractivity contribution in [2.45, 2.75) is 39.8 Å². The Kier molecular flexibility index (Phi) is 3.90. The van der Waals surface area contributed by atoms with Gasteiger partial charge in [-0.25, -0.2) is 0 Å². The smallest absolute Gasteiger partial charge is 0.171 e. The molecule has 0 N–H and O–H groups in total. The maximum Gasteiger partial charge on any atom is 0.391 e. The van der Waals surface area contributed by atoms with Gasteiger partial charge in [0, 0.05) is 0 Å². The first kappa shape index (κ1) is 10.8. The molecule has 0 aromatic carbocycles. The number of hydrogen-bond acceptors (Lipinski definition) is 0. The first-order chi connectivity index (χ1) is 4.89. The van der Waals surface area contributed by atoms with E-state index in [9.17, 15) is 13.2 Å². The SMILES string of the molecule is CCC[C@@H](C)[C@H](C)C(F)(F)F. The van der Waals surface area contributed by atoms with E-state index >= 15 is 0 Å². The summed E-state index contributed by atoms with van der Waals surface area (Å²) in [7, 11) is 0. The van der Waals surface area contributed by atoms with Crippen LogP contribution in [0.15, 0.2) is 0 Å². The zero-order valence-electron chi connectivity index (χ0n) is 7.20. The predicted molar refractivity (Wildman–Crippen MR) is 39.3 cm³/mol. The lowest BCUT2D eigenvalue weighted by Gasteiger charge is -2.21. The molecule has 68 valence electrons. The average Bonchev–Trinajstić information content (AvgIpc) is 1.85. The van der Waals surface area contributed by atoms with E-state index in [4.69, 9.17) is 0 Å². The molecule has 0 aliphatic heterocycles. The number of rotatable bonds is 3. The summed E-state index contributed by atoms with van der Waals surface area (Å²) in [6.45, 7) is 4.81. The normalized spacial score (nSPS) is 18.0. The number of halogens is 3. The van der Waals surface area contributed by atoms with E-state index in [0.717, 1.165) is 6.42 Å². The molecule has 2 atom stereocenters. The summed E-state index contributed by atoms with van der Waals surface area (Å²) in [5.41, 5.74) is 0. The summed E-state index contributed by atoms with van der Waals surface area (Å²) in [5.74, 6) is -1.41. The molecule has 0 aliphatic carbocycles. The van der Waals surface area contributed by atoms with Gasteiger partial charge in [-0.05, 0) is 5.92 Å². The molecule has 11 heavy (non-hydrogen) atoms. The molecule has 0 bridgehead atoms. The van der Waals surface area contributed by atoms with Crippen molar-refractivity contribution >= 4 is 0 Å². The summed E-state index contributed by atoms with van der Waals surface area (Å²) >= 11 is 0. The van der Waals surface area contributed by atoms with Gasteiger partial charge in [0.1, 0.15) is 0 Å². The highest BCUT2D eigenvalue weighted by Gasteiger charge is 2.38. The Labute approximate surface area is 65.8 Å². The predicted octanol–water partition coefficient (Wildman–Crippen LogP) is 3.62. The van der Waals surface area contributed by atoms with Crippen LogP contribution in [0, 0.1) is 11.8 Å². The first-order valence-electron chi connectivity index (χ1n) is 3.96. The van der Waals surface area contributed by atoms with Crippen LogP contribution in [0.4, 0.5) is 13.2 Å². The van der Waals surface area contributed by atoms with E-state index in [0.29, 0.717) is 6.42 Å². The van der Waals surface area contributed by atoms with Crippen LogP contribution in [0.5, 0.6) is 0 Å². The molecule has 0 heterocycles. The Morgan fingerprint density at radius 3 is 1.91 bits per heavy atom. The summed E-state index contributed by atoms with van der Waals surface area (Å²) in [6, 6.07) is 0. The van der Waals surface area contributed by atoms with Gasteiger partial charge in [-0.2, -0.15) is 13.2 Å². The summed E-state index contributed by atoms with van der Waals surface area (Å²) in [6.07, 6.45) is -2.54. The maximum absolute atomic E-state index is 12.0. The number of hydrogen-bond donors (Lipinski definition) is 0. The molecule has 0 spiro atoms. The Hall–Kier alpha value is -0.210. The van der Waals surface area contributed by atoms with E-state index in [1.165, 1.54) is 6.92 Å². The van der Waals surface area contributed by atoms with Gasteiger partial charge in [0.15, 0.2) is 0 Å². The molecule has 0 radical (unpaired) electrons. The van der Waals surface area contributed by atoms with Gasteiger partial charge in [0.25, 0.3) is 0 Å². The summed E-state index contributed by atoms with van der Waals surface area (Å²) in [5, 5.41) is 0. The molecule has 0 nitrogen and oxygen atoms in total. The molecule has 0 amide bonds. The van der Waals surface area contributed by atoms with Gasteiger partial charge in [-0.3, -0.25) is 0 Å². The second kappa shape index (κ2) is 3.98. The van der Waals surface area contributed by atoms with Crippen LogP contribution in [0.2, 0.25) is 0 Å². The topological polar surface area (TPSA) is 0 Å². The minimum Gasteiger partial charge on any atom is -0.171 e. The lowest BCUT2D eigenvalue weighted by Crippen LogP contribution is -2.25. The van der Waals surface area contributed by atoms with Crippen molar-refractivity contribution in [3.63, 3.8) is 0 Å².